The number of nitrogens with one attached hydrogen (secondary N) is 3. The van der Waals surface area contributed by atoms with E-state index in [4.69, 9.17) is 18.9 Å². The van der Waals surface area contributed by atoms with Gasteiger partial charge >= 0.3 is 6.03 Å². The highest BCUT2D eigenvalue weighted by molar-refractivity contribution is 5.98. The molecule has 0 aromatic heterocycles. The number of benzene rings is 2. The Kier molecular flexibility index (Phi) is 9.46. The predicted octanol–water partition coefficient (Wildman–Crippen LogP) is 3.92. The second-order valence-corrected chi connectivity index (χ2v) is 6.52. The minimum atomic E-state index is -0.623. The molecule has 9 nitrogen and oxygen atoms in total. The minimum absolute atomic E-state index is 0.241. The van der Waals surface area contributed by atoms with E-state index in [0.717, 1.165) is 12.0 Å². The van der Waals surface area contributed by atoms with Gasteiger partial charge in [-0.1, -0.05) is 13.0 Å². The second-order valence-electron chi connectivity index (χ2n) is 6.52. The summed E-state index contributed by atoms with van der Waals surface area (Å²) in [6.07, 6.45) is 0.842. The Morgan fingerprint density at radius 2 is 1.44 bits per heavy atom. The zero-order valence-electron chi connectivity index (χ0n) is 19.2. The Morgan fingerprint density at radius 3 is 1.97 bits per heavy atom. The molecule has 174 valence electrons. The summed E-state index contributed by atoms with van der Waals surface area (Å²) in [6.45, 7) is 8.71. The standard InChI is InChI=1S/C23H31N3O6/c1-6-15-10-11-17(18(12-15)29-5)24-23(28)26-25-22(27)16-13-19(30-7-2)21(32-9-4)20(14-16)31-8-3/h10-14H,6-9H2,1-5H3,(H,25,27)(H2,24,26,28). The van der Waals surface area contributed by atoms with Crippen LogP contribution in [0.15, 0.2) is 30.3 Å². The van der Waals surface area contributed by atoms with Crippen LogP contribution in [0, 0.1) is 0 Å². The van der Waals surface area contributed by atoms with Gasteiger partial charge in [0.2, 0.25) is 5.75 Å². The number of rotatable bonds is 10. The summed E-state index contributed by atoms with van der Waals surface area (Å²) in [4.78, 5) is 24.9. The number of hydrogen-bond donors (Lipinski definition) is 3. The van der Waals surface area contributed by atoms with Crippen molar-refractivity contribution in [2.24, 2.45) is 0 Å². The van der Waals surface area contributed by atoms with Crippen LogP contribution in [-0.2, 0) is 6.42 Å². The molecule has 0 radical (unpaired) electrons. The molecular formula is C23H31N3O6. The van der Waals surface area contributed by atoms with E-state index < -0.39 is 11.9 Å². The van der Waals surface area contributed by atoms with Gasteiger partial charge in [-0.2, -0.15) is 0 Å². The third-order valence-corrected chi connectivity index (χ3v) is 4.38. The van der Waals surface area contributed by atoms with Crippen molar-refractivity contribution < 1.29 is 28.5 Å². The van der Waals surface area contributed by atoms with Crippen molar-refractivity contribution in [2.75, 3.05) is 32.2 Å². The van der Waals surface area contributed by atoms with Crippen molar-refractivity contribution in [3.05, 3.63) is 41.5 Å². The first kappa shape index (κ1) is 24.6. The average molecular weight is 446 g/mol. The Bertz CT molecular complexity index is 905. The maximum atomic E-state index is 12.7. The number of carbonyl (C=O) groups is 2. The summed E-state index contributed by atoms with van der Waals surface area (Å²) >= 11 is 0. The van der Waals surface area contributed by atoms with Gasteiger partial charge in [-0.15, -0.1) is 0 Å². The molecule has 0 aliphatic carbocycles. The fourth-order valence-electron chi connectivity index (χ4n) is 2.92. The van der Waals surface area contributed by atoms with Gasteiger partial charge in [0.15, 0.2) is 11.5 Å². The molecule has 0 spiro atoms. The van der Waals surface area contributed by atoms with Crippen LogP contribution in [0.25, 0.3) is 0 Å². The maximum absolute atomic E-state index is 12.7. The van der Waals surface area contributed by atoms with Crippen LogP contribution in [0.5, 0.6) is 23.0 Å². The van der Waals surface area contributed by atoms with Crippen molar-refractivity contribution >= 4 is 17.6 Å². The SMILES string of the molecule is CCOc1cc(C(=O)NNC(=O)Nc2ccc(CC)cc2OC)cc(OCC)c1OCC. The van der Waals surface area contributed by atoms with Crippen LogP contribution >= 0.6 is 0 Å². The molecule has 0 saturated carbocycles. The molecule has 0 heterocycles. The molecule has 9 heteroatoms. The Labute approximate surface area is 188 Å². The second kappa shape index (κ2) is 12.3. The normalized spacial score (nSPS) is 10.2. The van der Waals surface area contributed by atoms with Gasteiger partial charge in [0.25, 0.3) is 5.91 Å². The Hall–Kier alpha value is -3.62. The lowest BCUT2D eigenvalue weighted by Gasteiger charge is -2.17. The molecule has 3 amide bonds. The number of anilines is 1. The van der Waals surface area contributed by atoms with Crippen molar-refractivity contribution in [1.82, 2.24) is 10.9 Å². The number of aryl methyl sites for hydroxylation is 1. The molecule has 3 N–H and O–H groups in total. The average Bonchev–Trinajstić information content (AvgIpc) is 2.79. The van der Waals surface area contributed by atoms with Crippen molar-refractivity contribution in [2.45, 2.75) is 34.1 Å². The summed E-state index contributed by atoms with van der Waals surface area (Å²) in [5, 5.41) is 2.65. The van der Waals surface area contributed by atoms with Crippen LogP contribution in [0.4, 0.5) is 10.5 Å². The molecule has 0 atom stereocenters. The van der Waals surface area contributed by atoms with Gasteiger partial charge in [-0.25, -0.2) is 10.2 Å². The number of urea groups is 1. The number of methoxy groups -OCH3 is 1. The van der Waals surface area contributed by atoms with Crippen LogP contribution in [0.3, 0.4) is 0 Å². The van der Waals surface area contributed by atoms with Crippen LogP contribution < -0.4 is 35.1 Å². The van der Waals surface area contributed by atoms with E-state index >= 15 is 0 Å². The first-order valence-electron chi connectivity index (χ1n) is 10.6. The van der Waals surface area contributed by atoms with E-state index in [1.54, 1.807) is 18.2 Å². The van der Waals surface area contributed by atoms with E-state index in [0.29, 0.717) is 48.5 Å². The Morgan fingerprint density at radius 1 is 0.812 bits per heavy atom. The quantitative estimate of drug-likeness (QED) is 0.479. The number of ether oxygens (including phenoxy) is 4. The van der Waals surface area contributed by atoms with Crippen molar-refractivity contribution in [1.29, 1.82) is 0 Å². The molecule has 0 bridgehead atoms. The fourth-order valence-corrected chi connectivity index (χ4v) is 2.92. The minimum Gasteiger partial charge on any atom is -0.495 e. The van der Waals surface area contributed by atoms with Gasteiger partial charge < -0.3 is 24.3 Å². The summed E-state index contributed by atoms with van der Waals surface area (Å²) < 4.78 is 22.2. The third kappa shape index (κ3) is 6.44. The zero-order chi connectivity index (χ0) is 23.5. The van der Waals surface area contributed by atoms with Gasteiger partial charge in [0.1, 0.15) is 5.75 Å². The lowest BCUT2D eigenvalue weighted by Crippen LogP contribution is -2.44. The first-order valence-corrected chi connectivity index (χ1v) is 10.6. The van der Waals surface area contributed by atoms with Gasteiger partial charge in [0.05, 0.1) is 32.6 Å². The highest BCUT2D eigenvalue weighted by atomic mass is 16.5. The summed E-state index contributed by atoms with van der Waals surface area (Å²) in [5.74, 6) is 1.19. The molecule has 0 unspecified atom stereocenters. The number of amides is 3. The predicted molar refractivity (Wildman–Crippen MR) is 122 cm³/mol. The van der Waals surface area contributed by atoms with Crippen LogP contribution in [0.2, 0.25) is 0 Å². The largest absolute Gasteiger partial charge is 0.495 e. The number of hydrogen-bond acceptors (Lipinski definition) is 6. The molecular weight excluding hydrogens is 414 g/mol. The maximum Gasteiger partial charge on any atom is 0.338 e. The molecule has 32 heavy (non-hydrogen) atoms. The monoisotopic (exact) mass is 445 g/mol. The first-order chi connectivity index (χ1) is 15.5. The molecule has 2 aromatic carbocycles. The van der Waals surface area contributed by atoms with Crippen molar-refractivity contribution in [3.63, 3.8) is 0 Å². The van der Waals surface area contributed by atoms with Crippen molar-refractivity contribution in [3.8, 4) is 23.0 Å². The van der Waals surface area contributed by atoms with E-state index in [1.165, 1.54) is 7.11 Å². The highest BCUT2D eigenvalue weighted by Gasteiger charge is 2.19. The van der Waals surface area contributed by atoms with E-state index in [9.17, 15) is 9.59 Å². The fraction of sp³-hybridized carbons (Fsp3) is 0.391. The molecule has 0 saturated heterocycles. The molecule has 0 aliphatic rings. The topological polar surface area (TPSA) is 107 Å². The third-order valence-electron chi connectivity index (χ3n) is 4.38. The number of carbonyl (C=O) groups excluding carboxylic acids is 2. The highest BCUT2D eigenvalue weighted by Crippen LogP contribution is 2.39. The molecule has 2 rings (SSSR count). The van der Waals surface area contributed by atoms with Crippen LogP contribution in [-0.4, -0.2) is 38.9 Å². The zero-order valence-corrected chi connectivity index (χ0v) is 19.2. The van der Waals surface area contributed by atoms with Gasteiger partial charge in [-0.05, 0) is 57.0 Å². The van der Waals surface area contributed by atoms with Gasteiger partial charge in [-0.3, -0.25) is 10.2 Å². The lowest BCUT2D eigenvalue weighted by atomic mass is 10.1. The smallest absolute Gasteiger partial charge is 0.338 e. The van der Waals surface area contributed by atoms with E-state index in [1.807, 2.05) is 39.8 Å². The summed E-state index contributed by atoms with van der Waals surface area (Å²) in [6, 6.07) is 7.94. The van der Waals surface area contributed by atoms with E-state index in [2.05, 4.69) is 16.2 Å². The molecule has 2 aromatic rings. The van der Waals surface area contributed by atoms with Crippen LogP contribution in [0.1, 0.15) is 43.6 Å². The van der Waals surface area contributed by atoms with Gasteiger partial charge in [0, 0.05) is 5.56 Å². The summed E-state index contributed by atoms with van der Waals surface area (Å²) in [5.41, 5.74) is 6.51. The van der Waals surface area contributed by atoms with E-state index in [-0.39, 0.29) is 5.56 Å². The summed E-state index contributed by atoms with van der Waals surface area (Å²) in [7, 11) is 1.53. The molecule has 0 fully saturated rings. The molecule has 0 aliphatic heterocycles. The Balaban J connectivity index is 2.12. The number of hydrazine groups is 1. The lowest BCUT2D eigenvalue weighted by molar-refractivity contribution is 0.0936.